The highest BCUT2D eigenvalue weighted by atomic mass is 15.0. The first-order valence-electron chi connectivity index (χ1n) is 6.05. The number of nitrogens with one attached hydrogen (secondary N) is 1. The fraction of sp³-hybridized carbons (Fsp3) is 0.333. The summed E-state index contributed by atoms with van der Waals surface area (Å²) in [6.07, 6.45) is 2.14. The van der Waals surface area contributed by atoms with Gasteiger partial charge in [-0.25, -0.2) is 0 Å². The van der Waals surface area contributed by atoms with E-state index in [2.05, 4.69) is 60.3 Å². The molecule has 1 N–H and O–H groups in total. The summed E-state index contributed by atoms with van der Waals surface area (Å²) in [5.41, 5.74) is 5.41. The quantitative estimate of drug-likeness (QED) is 0.851. The van der Waals surface area contributed by atoms with Crippen LogP contribution in [0.3, 0.4) is 0 Å². The van der Waals surface area contributed by atoms with Gasteiger partial charge in [-0.15, -0.1) is 0 Å². The predicted octanol–water partition coefficient (Wildman–Crippen LogP) is 2.87. The third-order valence-electron chi connectivity index (χ3n) is 3.21. The van der Waals surface area contributed by atoms with Crippen LogP contribution in [0.2, 0.25) is 0 Å². The molecule has 0 aliphatic heterocycles. The molecule has 0 saturated carbocycles. The van der Waals surface area contributed by atoms with Crippen LogP contribution in [0.25, 0.3) is 0 Å². The molecule has 0 spiro atoms. The van der Waals surface area contributed by atoms with Gasteiger partial charge in [0, 0.05) is 25.0 Å². The maximum Gasteiger partial charge on any atom is 0.0473 e. The van der Waals surface area contributed by atoms with Gasteiger partial charge in [-0.3, -0.25) is 0 Å². The van der Waals surface area contributed by atoms with Crippen LogP contribution in [-0.4, -0.2) is 11.6 Å². The van der Waals surface area contributed by atoms with Crippen molar-refractivity contribution in [1.29, 1.82) is 0 Å². The summed E-state index contributed by atoms with van der Waals surface area (Å²) in [6.45, 7) is 6.19. The Bertz CT molecular complexity index is 497. The second-order valence-electron chi connectivity index (χ2n) is 4.58. The maximum absolute atomic E-state index is 3.20. The third kappa shape index (κ3) is 2.77. The van der Waals surface area contributed by atoms with Gasteiger partial charge in [0.1, 0.15) is 0 Å². The van der Waals surface area contributed by atoms with Gasteiger partial charge in [-0.2, -0.15) is 0 Å². The number of rotatable bonds is 4. The molecule has 0 unspecified atom stereocenters. The van der Waals surface area contributed by atoms with E-state index in [1.165, 1.54) is 22.4 Å². The zero-order chi connectivity index (χ0) is 12.3. The lowest BCUT2D eigenvalue weighted by atomic mass is 10.1. The molecule has 0 bridgehead atoms. The summed E-state index contributed by atoms with van der Waals surface area (Å²) in [7, 11) is 1.98. The van der Waals surface area contributed by atoms with Gasteiger partial charge in [-0.05, 0) is 49.7 Å². The average molecular weight is 228 g/mol. The predicted molar refractivity (Wildman–Crippen MR) is 72.2 cm³/mol. The highest BCUT2D eigenvalue weighted by Crippen LogP contribution is 2.12. The molecule has 0 aliphatic rings. The van der Waals surface area contributed by atoms with Crippen molar-refractivity contribution in [2.45, 2.75) is 26.9 Å². The molecule has 2 heteroatoms. The summed E-state index contributed by atoms with van der Waals surface area (Å²) in [6, 6.07) is 11.0. The molecule has 90 valence electrons. The van der Waals surface area contributed by atoms with Crippen LogP contribution in [0.4, 0.5) is 0 Å². The minimum absolute atomic E-state index is 0.915. The van der Waals surface area contributed by atoms with E-state index in [1.54, 1.807) is 0 Å². The van der Waals surface area contributed by atoms with Crippen molar-refractivity contribution in [2.75, 3.05) is 7.05 Å². The lowest BCUT2D eigenvalue weighted by Crippen LogP contribution is -2.11. The zero-order valence-electron chi connectivity index (χ0n) is 10.8. The van der Waals surface area contributed by atoms with Crippen LogP contribution in [-0.2, 0) is 13.1 Å². The van der Waals surface area contributed by atoms with E-state index in [0.717, 1.165) is 13.1 Å². The number of aryl methyl sites for hydroxylation is 2. The van der Waals surface area contributed by atoms with Gasteiger partial charge in [0.05, 0.1) is 0 Å². The zero-order valence-corrected chi connectivity index (χ0v) is 10.8. The van der Waals surface area contributed by atoms with Crippen LogP contribution in [0.5, 0.6) is 0 Å². The van der Waals surface area contributed by atoms with Crippen molar-refractivity contribution in [1.82, 2.24) is 9.88 Å². The summed E-state index contributed by atoms with van der Waals surface area (Å²) < 4.78 is 2.29. The van der Waals surface area contributed by atoms with Gasteiger partial charge >= 0.3 is 0 Å². The lowest BCUT2D eigenvalue weighted by molar-refractivity contribution is 0.694. The van der Waals surface area contributed by atoms with Crippen molar-refractivity contribution in [3.63, 3.8) is 0 Å². The maximum atomic E-state index is 3.20. The summed E-state index contributed by atoms with van der Waals surface area (Å²) in [5, 5.41) is 3.20. The molecule has 0 saturated heterocycles. The Hall–Kier alpha value is -1.54. The Morgan fingerprint density at radius 2 is 1.94 bits per heavy atom. The molecule has 0 radical (unpaired) electrons. The molecular weight excluding hydrogens is 208 g/mol. The number of aromatic nitrogens is 1. The average Bonchev–Trinajstić information content (AvgIpc) is 2.72. The minimum atomic E-state index is 0.915. The van der Waals surface area contributed by atoms with Crippen molar-refractivity contribution >= 4 is 0 Å². The first-order chi connectivity index (χ1) is 8.20. The fourth-order valence-electron chi connectivity index (χ4n) is 2.04. The molecule has 0 fully saturated rings. The fourth-order valence-corrected chi connectivity index (χ4v) is 2.04. The summed E-state index contributed by atoms with van der Waals surface area (Å²) in [5.74, 6) is 0. The van der Waals surface area contributed by atoms with Crippen molar-refractivity contribution in [2.24, 2.45) is 0 Å². The Balaban J connectivity index is 2.19. The first kappa shape index (κ1) is 11.9. The Kier molecular flexibility index (Phi) is 3.64. The summed E-state index contributed by atoms with van der Waals surface area (Å²) >= 11 is 0. The Morgan fingerprint density at radius 3 is 2.65 bits per heavy atom. The molecule has 1 aromatic carbocycles. The van der Waals surface area contributed by atoms with Crippen LogP contribution in [0, 0.1) is 13.8 Å². The smallest absolute Gasteiger partial charge is 0.0473 e. The van der Waals surface area contributed by atoms with Crippen LogP contribution in [0.15, 0.2) is 36.5 Å². The number of nitrogens with zero attached hydrogens (tertiary/aromatic N) is 1. The number of hydrogen-bond acceptors (Lipinski definition) is 1. The third-order valence-corrected chi connectivity index (χ3v) is 3.21. The van der Waals surface area contributed by atoms with Gasteiger partial charge in [0.25, 0.3) is 0 Å². The molecule has 17 heavy (non-hydrogen) atoms. The molecule has 1 aromatic heterocycles. The molecule has 0 atom stereocenters. The monoisotopic (exact) mass is 228 g/mol. The largest absolute Gasteiger partial charge is 0.346 e. The second kappa shape index (κ2) is 5.19. The molecular formula is C15H20N2. The van der Waals surface area contributed by atoms with E-state index >= 15 is 0 Å². The van der Waals surface area contributed by atoms with Crippen LogP contribution in [0.1, 0.15) is 22.4 Å². The van der Waals surface area contributed by atoms with Crippen molar-refractivity contribution in [3.05, 3.63) is 58.9 Å². The Labute approximate surface area is 103 Å². The van der Waals surface area contributed by atoms with E-state index in [1.807, 2.05) is 7.05 Å². The van der Waals surface area contributed by atoms with E-state index in [-0.39, 0.29) is 0 Å². The minimum Gasteiger partial charge on any atom is -0.346 e. The molecule has 1 heterocycles. The van der Waals surface area contributed by atoms with Crippen LogP contribution < -0.4 is 5.32 Å². The van der Waals surface area contributed by atoms with Crippen LogP contribution >= 0.6 is 0 Å². The normalized spacial score (nSPS) is 10.8. The topological polar surface area (TPSA) is 17.0 Å². The SMILES string of the molecule is CNCc1cccn1Cc1ccc(C)c(C)c1. The number of hydrogen-bond donors (Lipinski definition) is 1. The highest BCUT2D eigenvalue weighted by molar-refractivity contribution is 5.30. The molecule has 2 aromatic rings. The first-order valence-corrected chi connectivity index (χ1v) is 6.05. The molecule has 0 amide bonds. The van der Waals surface area contributed by atoms with Gasteiger partial charge in [-0.1, -0.05) is 18.2 Å². The molecule has 2 rings (SSSR count). The van der Waals surface area contributed by atoms with Crippen molar-refractivity contribution < 1.29 is 0 Å². The molecule has 0 aliphatic carbocycles. The Morgan fingerprint density at radius 1 is 1.12 bits per heavy atom. The van der Waals surface area contributed by atoms with E-state index in [4.69, 9.17) is 0 Å². The lowest BCUT2D eigenvalue weighted by Gasteiger charge is -2.10. The highest BCUT2D eigenvalue weighted by Gasteiger charge is 2.02. The van der Waals surface area contributed by atoms with Crippen molar-refractivity contribution in [3.8, 4) is 0 Å². The number of benzene rings is 1. The van der Waals surface area contributed by atoms with Gasteiger partial charge < -0.3 is 9.88 Å². The molecule has 2 nitrogen and oxygen atoms in total. The van der Waals surface area contributed by atoms with E-state index < -0.39 is 0 Å². The van der Waals surface area contributed by atoms with Gasteiger partial charge in [0.2, 0.25) is 0 Å². The standard InChI is InChI=1S/C15H20N2/c1-12-6-7-14(9-13(12)2)11-17-8-4-5-15(17)10-16-3/h4-9,16H,10-11H2,1-3H3. The van der Waals surface area contributed by atoms with E-state index in [0.29, 0.717) is 0 Å². The summed E-state index contributed by atoms with van der Waals surface area (Å²) in [4.78, 5) is 0. The van der Waals surface area contributed by atoms with Gasteiger partial charge in [0.15, 0.2) is 0 Å². The second-order valence-corrected chi connectivity index (χ2v) is 4.58. The van der Waals surface area contributed by atoms with E-state index in [9.17, 15) is 0 Å².